The first-order valence-electron chi connectivity index (χ1n) is 17.4. The Labute approximate surface area is 321 Å². The number of halogens is 2. The lowest BCUT2D eigenvalue weighted by atomic mass is 10.1. The lowest BCUT2D eigenvalue weighted by Gasteiger charge is -2.37. The fourth-order valence-electron chi connectivity index (χ4n) is 6.43. The highest BCUT2D eigenvalue weighted by Crippen LogP contribution is 2.40. The number of anilines is 3. The number of imidazole rings is 1. The van der Waals surface area contributed by atoms with Gasteiger partial charge in [-0.05, 0) is 86.7 Å². The van der Waals surface area contributed by atoms with Gasteiger partial charge in [-0.3, -0.25) is 0 Å². The highest BCUT2D eigenvalue weighted by atomic mass is 35.5. The predicted octanol–water partition coefficient (Wildman–Crippen LogP) is 6.89. The van der Waals surface area contributed by atoms with E-state index in [0.717, 1.165) is 43.3 Å². The maximum atomic E-state index is 6.61. The van der Waals surface area contributed by atoms with Gasteiger partial charge in [0.15, 0.2) is 11.4 Å². The van der Waals surface area contributed by atoms with Crippen LogP contribution in [0, 0.1) is 0 Å². The molecule has 2 saturated heterocycles. The van der Waals surface area contributed by atoms with E-state index in [2.05, 4.69) is 75.2 Å². The Hall–Kier alpha value is -3.62. The van der Waals surface area contributed by atoms with E-state index in [1.54, 1.807) is 38.9 Å². The summed E-state index contributed by atoms with van der Waals surface area (Å²) in [5.41, 5.74) is 4.00. The minimum atomic E-state index is -1.09. The molecular formula is C38H46Cl2N6O5S. The summed E-state index contributed by atoms with van der Waals surface area (Å²) in [6.07, 6.45) is 4.65. The van der Waals surface area contributed by atoms with E-state index in [0.29, 0.717) is 47.0 Å². The summed E-state index contributed by atoms with van der Waals surface area (Å²) >= 11 is 18.5. The smallest absolute Gasteiger partial charge is 0.215 e. The van der Waals surface area contributed by atoms with Crippen LogP contribution in [0.25, 0.3) is 0 Å². The molecule has 2 aliphatic rings. The Bertz CT molecular complexity index is 1740. The molecule has 4 aromatic rings. The Balaban J connectivity index is 0.984. The molecule has 11 nitrogen and oxygen atoms in total. The van der Waals surface area contributed by atoms with Crippen LogP contribution in [0.1, 0.15) is 19.4 Å². The van der Waals surface area contributed by atoms with Crippen molar-refractivity contribution in [2.24, 2.45) is 0 Å². The molecule has 1 aromatic heterocycles. The van der Waals surface area contributed by atoms with Gasteiger partial charge in [-0.2, -0.15) is 0 Å². The molecule has 0 saturated carbocycles. The normalized spacial score (nSPS) is 19.0. The van der Waals surface area contributed by atoms with Crippen molar-refractivity contribution in [1.82, 2.24) is 14.5 Å². The summed E-state index contributed by atoms with van der Waals surface area (Å²) in [6.45, 7) is 9.44. The van der Waals surface area contributed by atoms with Crippen molar-refractivity contribution < 1.29 is 23.7 Å². The third-order valence-corrected chi connectivity index (χ3v) is 10.2. The molecule has 0 radical (unpaired) electrons. The van der Waals surface area contributed by atoms with Crippen LogP contribution in [-0.2, 0) is 31.3 Å². The second kappa shape index (κ2) is 17.5. The molecule has 278 valence electrons. The number of aromatic nitrogens is 2. The zero-order chi connectivity index (χ0) is 36.7. The van der Waals surface area contributed by atoms with Crippen LogP contribution in [0.15, 0.2) is 85.5 Å². The Morgan fingerprint density at radius 1 is 0.981 bits per heavy atom. The van der Waals surface area contributed by atoms with Crippen LogP contribution in [0.3, 0.4) is 0 Å². The SMILES string of the molecule is COC(CN(C(=S)Nc1ccc(N2CCN(c3ccc(OC[C@@H]4CO[C@@](Cn5ccnc5)(c5ccc(Cl)cc5Cl)O4)cc3)CC2)cc1)C(C)C)OC. The van der Waals surface area contributed by atoms with Crippen LogP contribution in [0.4, 0.5) is 17.1 Å². The molecule has 0 aliphatic carbocycles. The number of nitrogens with one attached hydrogen (secondary N) is 1. The summed E-state index contributed by atoms with van der Waals surface area (Å²) < 4.78 is 31.7. The van der Waals surface area contributed by atoms with Crippen molar-refractivity contribution in [1.29, 1.82) is 0 Å². The van der Waals surface area contributed by atoms with E-state index in [1.807, 2.05) is 29.0 Å². The fourth-order valence-corrected chi connectivity index (χ4v) is 7.38. The highest BCUT2D eigenvalue weighted by molar-refractivity contribution is 7.80. The number of nitrogens with zero attached hydrogens (tertiary/aromatic N) is 5. The maximum absolute atomic E-state index is 6.61. The number of hydrogen-bond donors (Lipinski definition) is 1. The van der Waals surface area contributed by atoms with E-state index >= 15 is 0 Å². The monoisotopic (exact) mass is 768 g/mol. The van der Waals surface area contributed by atoms with Crippen LogP contribution in [0.2, 0.25) is 10.0 Å². The predicted molar refractivity (Wildman–Crippen MR) is 210 cm³/mol. The van der Waals surface area contributed by atoms with Gasteiger partial charge in [0.1, 0.15) is 18.5 Å². The molecule has 0 spiro atoms. The largest absolute Gasteiger partial charge is 0.491 e. The van der Waals surface area contributed by atoms with Crippen molar-refractivity contribution in [3.8, 4) is 5.75 Å². The van der Waals surface area contributed by atoms with Crippen molar-refractivity contribution in [2.45, 2.75) is 44.6 Å². The molecule has 3 heterocycles. The van der Waals surface area contributed by atoms with E-state index in [1.165, 1.54) is 5.69 Å². The zero-order valence-electron chi connectivity index (χ0n) is 29.9. The van der Waals surface area contributed by atoms with Gasteiger partial charge >= 0.3 is 0 Å². The molecule has 52 heavy (non-hydrogen) atoms. The van der Waals surface area contributed by atoms with Gasteiger partial charge in [-0.15, -0.1) is 0 Å². The summed E-state index contributed by atoms with van der Waals surface area (Å²) in [4.78, 5) is 11.0. The van der Waals surface area contributed by atoms with Gasteiger partial charge in [-0.1, -0.05) is 29.3 Å². The molecular weight excluding hydrogens is 723 g/mol. The number of benzene rings is 3. The quantitative estimate of drug-likeness (QED) is 0.108. The van der Waals surface area contributed by atoms with Crippen molar-refractivity contribution in [3.05, 3.63) is 101 Å². The van der Waals surface area contributed by atoms with Crippen molar-refractivity contribution in [2.75, 3.05) is 75.3 Å². The maximum Gasteiger partial charge on any atom is 0.215 e. The number of ether oxygens (including phenoxy) is 5. The Kier molecular flexibility index (Phi) is 12.8. The minimum absolute atomic E-state index is 0.190. The second-order valence-electron chi connectivity index (χ2n) is 13.1. The van der Waals surface area contributed by atoms with Crippen LogP contribution in [0.5, 0.6) is 5.75 Å². The molecule has 2 atom stereocenters. The molecule has 0 amide bonds. The van der Waals surface area contributed by atoms with E-state index < -0.39 is 5.79 Å². The van der Waals surface area contributed by atoms with Gasteiger partial charge in [0.2, 0.25) is 5.79 Å². The van der Waals surface area contributed by atoms with E-state index in [-0.39, 0.29) is 18.4 Å². The van der Waals surface area contributed by atoms with Crippen LogP contribution >= 0.6 is 35.4 Å². The van der Waals surface area contributed by atoms with Gasteiger partial charge < -0.3 is 48.3 Å². The fraction of sp³-hybridized carbons (Fsp3) is 0.421. The first-order chi connectivity index (χ1) is 25.2. The lowest BCUT2D eigenvalue weighted by molar-refractivity contribution is -0.189. The number of piperazine rings is 1. The van der Waals surface area contributed by atoms with Crippen LogP contribution < -0.4 is 19.9 Å². The number of methoxy groups -OCH3 is 2. The minimum Gasteiger partial charge on any atom is -0.491 e. The van der Waals surface area contributed by atoms with E-state index in [4.69, 9.17) is 59.1 Å². The van der Waals surface area contributed by atoms with Gasteiger partial charge in [-0.25, -0.2) is 4.98 Å². The molecule has 2 aliphatic heterocycles. The van der Waals surface area contributed by atoms with Crippen molar-refractivity contribution in [3.63, 3.8) is 0 Å². The first kappa shape index (κ1) is 38.1. The van der Waals surface area contributed by atoms with Crippen molar-refractivity contribution >= 4 is 57.6 Å². The second-order valence-corrected chi connectivity index (χ2v) is 14.3. The molecule has 1 N–H and O–H groups in total. The van der Waals surface area contributed by atoms with Gasteiger partial charge in [0.05, 0.1) is 31.0 Å². The lowest BCUT2D eigenvalue weighted by Crippen LogP contribution is -2.46. The summed E-state index contributed by atoms with van der Waals surface area (Å²) in [5.74, 6) is -0.326. The molecule has 0 unspecified atom stereocenters. The van der Waals surface area contributed by atoms with E-state index in [9.17, 15) is 0 Å². The zero-order valence-corrected chi connectivity index (χ0v) is 32.2. The Morgan fingerprint density at radius 3 is 2.21 bits per heavy atom. The van der Waals surface area contributed by atoms with Crippen LogP contribution in [-0.4, -0.2) is 98.2 Å². The average molecular weight is 770 g/mol. The molecule has 14 heteroatoms. The summed E-state index contributed by atoms with van der Waals surface area (Å²) in [5, 5.41) is 5.03. The van der Waals surface area contributed by atoms with Gasteiger partial charge in [0, 0.05) is 86.5 Å². The average Bonchev–Trinajstić information content (AvgIpc) is 3.82. The standard InChI is InChI=1S/C38H46Cl2N6O5S/c1-27(2)46(22-36(47-3)48-4)37(52)42-29-6-8-30(9-7-29)44-17-19-45(20-18-44)31-10-12-32(13-11-31)49-23-33-24-50-38(51-33,25-43-16-15-41-26-43)34-14-5-28(39)21-35(34)40/h5-16,21,26-27,33,36H,17-20,22-25H2,1-4H3,(H,42,52)/t33-,38-/m1/s1. The molecule has 2 fully saturated rings. The Morgan fingerprint density at radius 2 is 1.63 bits per heavy atom. The summed E-state index contributed by atoms with van der Waals surface area (Å²) in [7, 11) is 3.26. The topological polar surface area (TPSA) is 85.7 Å². The van der Waals surface area contributed by atoms with Gasteiger partial charge in [0.25, 0.3) is 0 Å². The highest BCUT2D eigenvalue weighted by Gasteiger charge is 2.45. The number of rotatable bonds is 14. The molecule has 6 rings (SSSR count). The third-order valence-electron chi connectivity index (χ3n) is 9.31. The number of thiocarbonyl (C=S) groups is 1. The first-order valence-corrected chi connectivity index (χ1v) is 18.5. The molecule has 0 bridgehead atoms. The third kappa shape index (κ3) is 9.29. The molecule has 3 aromatic carbocycles. The summed E-state index contributed by atoms with van der Waals surface area (Å²) in [6, 6.07) is 22.2. The number of hydrogen-bond acceptors (Lipinski definition) is 9.